The Morgan fingerprint density at radius 1 is 0.906 bits per heavy atom. The molecule has 6 rings (SSSR count). The topological polar surface area (TPSA) is 50.8 Å². The molecule has 2 aromatic carbocycles. The number of nitrogens with one attached hydrogen (secondary N) is 1. The Labute approximate surface area is 188 Å². The number of H-pyrrole nitrogens is 1. The Balaban J connectivity index is 1.29. The maximum Gasteiger partial charge on any atom is 0.130 e. The third-order valence-corrected chi connectivity index (χ3v) is 7.53. The van der Waals surface area contributed by atoms with E-state index in [1.54, 1.807) is 6.20 Å². The van der Waals surface area contributed by atoms with Crippen LogP contribution in [-0.2, 0) is 12.0 Å². The van der Waals surface area contributed by atoms with Crippen LogP contribution in [0.1, 0.15) is 42.5 Å². The normalized spacial score (nSPS) is 24.0. The summed E-state index contributed by atoms with van der Waals surface area (Å²) in [6.45, 7) is 0.491. The predicted molar refractivity (Wildman–Crippen MR) is 125 cm³/mol. The van der Waals surface area contributed by atoms with Crippen LogP contribution in [0, 0.1) is 11.8 Å². The number of hydrogen-bond acceptors (Lipinski definition) is 3. The fourth-order valence-corrected chi connectivity index (χ4v) is 6.05. The van der Waals surface area contributed by atoms with Gasteiger partial charge in [-0.15, -0.1) is 0 Å². The van der Waals surface area contributed by atoms with Gasteiger partial charge in [-0.2, -0.15) is 5.10 Å². The van der Waals surface area contributed by atoms with Crippen LogP contribution in [0.25, 0.3) is 11.3 Å². The Morgan fingerprint density at radius 3 is 2.34 bits per heavy atom. The van der Waals surface area contributed by atoms with Crippen LogP contribution in [0.15, 0.2) is 85.2 Å². The average Bonchev–Trinajstić information content (AvgIpc) is 3.62. The summed E-state index contributed by atoms with van der Waals surface area (Å²) in [7, 11) is 0. The van der Waals surface area contributed by atoms with Crippen molar-refractivity contribution in [3.05, 3.63) is 102 Å². The first-order chi connectivity index (χ1) is 15.8. The van der Waals surface area contributed by atoms with E-state index < -0.39 is 0 Å². The highest BCUT2D eigenvalue weighted by Crippen LogP contribution is 2.60. The molecule has 4 heteroatoms. The highest BCUT2D eigenvalue weighted by Gasteiger charge is 2.52. The SMILES string of the molecule is c1ccc(COc2ccc(C3(c4ccc(-c5cc[nH]n5)cc4)CC4CCC3C4)cc2)nc1. The first kappa shape index (κ1) is 19.3. The summed E-state index contributed by atoms with van der Waals surface area (Å²) in [5, 5.41) is 7.25. The summed E-state index contributed by atoms with van der Waals surface area (Å²) < 4.78 is 5.99. The monoisotopic (exact) mass is 421 g/mol. The number of hydrogen-bond donors (Lipinski definition) is 1. The maximum absolute atomic E-state index is 5.99. The van der Waals surface area contributed by atoms with Crippen molar-refractivity contribution in [2.45, 2.75) is 37.7 Å². The molecule has 3 unspecified atom stereocenters. The van der Waals surface area contributed by atoms with E-state index in [-0.39, 0.29) is 5.41 Å². The van der Waals surface area contributed by atoms with Crippen LogP contribution in [0.4, 0.5) is 0 Å². The zero-order chi connectivity index (χ0) is 21.4. The van der Waals surface area contributed by atoms with Gasteiger partial charge in [0.2, 0.25) is 0 Å². The Morgan fingerprint density at radius 2 is 1.72 bits per heavy atom. The van der Waals surface area contributed by atoms with E-state index in [1.807, 2.05) is 30.5 Å². The third kappa shape index (κ3) is 3.31. The molecule has 0 amide bonds. The molecule has 0 radical (unpaired) electrons. The molecule has 1 N–H and O–H groups in total. The largest absolute Gasteiger partial charge is 0.487 e. The van der Waals surface area contributed by atoms with E-state index in [4.69, 9.17) is 4.74 Å². The van der Waals surface area contributed by atoms with Crippen molar-refractivity contribution >= 4 is 0 Å². The van der Waals surface area contributed by atoms with Gasteiger partial charge in [0, 0.05) is 23.4 Å². The molecule has 2 bridgehead atoms. The van der Waals surface area contributed by atoms with Crippen LogP contribution in [0.2, 0.25) is 0 Å². The molecule has 3 atom stereocenters. The van der Waals surface area contributed by atoms with Gasteiger partial charge >= 0.3 is 0 Å². The smallest absolute Gasteiger partial charge is 0.130 e. The molecule has 0 spiro atoms. The number of fused-ring (bicyclic) bond motifs is 2. The number of nitrogens with zero attached hydrogens (tertiary/aromatic N) is 2. The van der Waals surface area contributed by atoms with Crippen LogP contribution >= 0.6 is 0 Å². The number of rotatable bonds is 6. The molecule has 4 nitrogen and oxygen atoms in total. The molecule has 0 aliphatic heterocycles. The number of pyridine rings is 1. The third-order valence-electron chi connectivity index (χ3n) is 7.53. The summed E-state index contributed by atoms with van der Waals surface area (Å²) in [6.07, 6.45) is 8.97. The maximum atomic E-state index is 5.99. The lowest BCUT2D eigenvalue weighted by molar-refractivity contribution is 0.299. The van der Waals surface area contributed by atoms with Crippen molar-refractivity contribution in [3.63, 3.8) is 0 Å². The summed E-state index contributed by atoms with van der Waals surface area (Å²) >= 11 is 0. The van der Waals surface area contributed by atoms with Gasteiger partial charge in [0.05, 0.1) is 11.4 Å². The molecule has 32 heavy (non-hydrogen) atoms. The van der Waals surface area contributed by atoms with Gasteiger partial charge in [0.25, 0.3) is 0 Å². The van der Waals surface area contributed by atoms with Gasteiger partial charge in [-0.3, -0.25) is 10.1 Å². The van der Waals surface area contributed by atoms with Gasteiger partial charge in [-0.05, 0) is 72.6 Å². The summed E-state index contributed by atoms with van der Waals surface area (Å²) in [6, 6.07) is 25.9. The Kier molecular flexibility index (Phi) is 4.79. The standard InChI is InChI=1S/C28H27N3O/c1-2-15-29-25(3-1)19-32-26-12-10-23(11-13-26)28(18-20-4-7-24(28)17-20)22-8-5-21(6-9-22)27-14-16-30-31-27/h1-3,5-6,8-16,20,24H,4,7,17-19H2,(H,30,31). The van der Waals surface area contributed by atoms with Gasteiger partial charge in [0.1, 0.15) is 12.4 Å². The molecule has 2 fully saturated rings. The zero-order valence-corrected chi connectivity index (χ0v) is 18.1. The Hall–Kier alpha value is -3.40. The lowest BCUT2D eigenvalue weighted by atomic mass is 9.64. The number of benzene rings is 2. The first-order valence-corrected chi connectivity index (χ1v) is 11.6. The van der Waals surface area contributed by atoms with Crippen LogP contribution < -0.4 is 4.74 Å². The Bertz CT molecular complexity index is 1170. The second kappa shape index (κ2) is 7.94. The number of ether oxygens (including phenoxy) is 1. The van der Waals surface area contributed by atoms with Crippen molar-refractivity contribution in [3.8, 4) is 17.0 Å². The van der Waals surface area contributed by atoms with Crippen LogP contribution in [0.5, 0.6) is 5.75 Å². The lowest BCUT2D eigenvalue weighted by Crippen LogP contribution is -2.34. The average molecular weight is 422 g/mol. The number of aromatic amines is 1. The van der Waals surface area contributed by atoms with Crippen molar-refractivity contribution in [1.82, 2.24) is 15.2 Å². The minimum Gasteiger partial charge on any atom is -0.487 e. The number of aromatic nitrogens is 3. The molecular weight excluding hydrogens is 394 g/mol. The first-order valence-electron chi connectivity index (χ1n) is 11.6. The van der Waals surface area contributed by atoms with Gasteiger partial charge < -0.3 is 4.74 Å². The molecule has 2 aromatic heterocycles. The van der Waals surface area contributed by atoms with E-state index in [2.05, 4.69) is 63.7 Å². The summed E-state index contributed by atoms with van der Waals surface area (Å²) in [5.41, 5.74) is 6.05. The summed E-state index contributed by atoms with van der Waals surface area (Å²) in [5.74, 6) is 2.45. The van der Waals surface area contributed by atoms with Crippen LogP contribution in [0.3, 0.4) is 0 Å². The predicted octanol–water partition coefficient (Wildman–Crippen LogP) is 6.16. The summed E-state index contributed by atoms with van der Waals surface area (Å²) in [4.78, 5) is 4.35. The van der Waals surface area contributed by atoms with Crippen molar-refractivity contribution in [2.24, 2.45) is 11.8 Å². The molecule has 2 aliphatic rings. The molecule has 160 valence electrons. The van der Waals surface area contributed by atoms with Crippen molar-refractivity contribution in [2.75, 3.05) is 0 Å². The fourth-order valence-electron chi connectivity index (χ4n) is 6.05. The molecule has 2 heterocycles. The second-order valence-electron chi connectivity index (χ2n) is 9.22. The zero-order valence-electron chi connectivity index (χ0n) is 18.1. The van der Waals surface area contributed by atoms with Crippen LogP contribution in [-0.4, -0.2) is 15.2 Å². The second-order valence-corrected chi connectivity index (χ2v) is 9.22. The van der Waals surface area contributed by atoms with Crippen molar-refractivity contribution < 1.29 is 4.74 Å². The van der Waals surface area contributed by atoms with Crippen molar-refractivity contribution in [1.29, 1.82) is 0 Å². The van der Waals surface area contributed by atoms with Gasteiger partial charge in [-0.25, -0.2) is 0 Å². The highest BCUT2D eigenvalue weighted by molar-refractivity contribution is 5.60. The van der Waals surface area contributed by atoms with E-state index in [1.165, 1.54) is 36.8 Å². The highest BCUT2D eigenvalue weighted by atomic mass is 16.5. The minimum atomic E-state index is 0.104. The fraction of sp³-hybridized carbons (Fsp3) is 0.286. The van der Waals surface area contributed by atoms with E-state index in [0.29, 0.717) is 12.5 Å². The molecule has 2 saturated carbocycles. The minimum absolute atomic E-state index is 0.104. The van der Waals surface area contributed by atoms with Gasteiger partial charge in [0.15, 0.2) is 0 Å². The van der Waals surface area contributed by atoms with E-state index in [0.717, 1.165) is 28.6 Å². The molecule has 4 aromatic rings. The van der Waals surface area contributed by atoms with E-state index >= 15 is 0 Å². The quantitative estimate of drug-likeness (QED) is 0.406. The lowest BCUT2D eigenvalue weighted by Gasteiger charge is -2.39. The molecule has 2 aliphatic carbocycles. The molecule has 0 saturated heterocycles. The van der Waals surface area contributed by atoms with Gasteiger partial charge in [-0.1, -0.05) is 48.9 Å². The molecular formula is C28H27N3O. The van der Waals surface area contributed by atoms with E-state index in [9.17, 15) is 0 Å².